The van der Waals surface area contributed by atoms with E-state index in [-0.39, 0.29) is 26.1 Å². The van der Waals surface area contributed by atoms with Crippen LogP contribution in [-0.4, -0.2) is 87.1 Å². The van der Waals surface area contributed by atoms with Crippen LogP contribution in [0.25, 0.3) is 0 Å². The van der Waals surface area contributed by atoms with Gasteiger partial charge >= 0.3 is 19.8 Å². The van der Waals surface area contributed by atoms with Crippen molar-refractivity contribution in [2.45, 2.75) is 186 Å². The van der Waals surface area contributed by atoms with Gasteiger partial charge in [-0.3, -0.25) is 18.6 Å². The molecule has 1 N–H and O–H groups in total. The zero-order valence-electron chi connectivity index (χ0n) is 35.6. The van der Waals surface area contributed by atoms with Gasteiger partial charge in [-0.1, -0.05) is 140 Å². The van der Waals surface area contributed by atoms with Crippen LogP contribution in [0.4, 0.5) is 0 Å². The van der Waals surface area contributed by atoms with Gasteiger partial charge in [0, 0.05) is 12.8 Å². The minimum Gasteiger partial charge on any atom is -0.462 e. The Bertz CT molecular complexity index is 1100. The second-order valence-corrected chi connectivity index (χ2v) is 17.6. The first-order valence-corrected chi connectivity index (χ1v) is 23.3. The molecule has 4 atom stereocenters. The van der Waals surface area contributed by atoms with Crippen LogP contribution < -0.4 is 0 Å². The third-order valence-corrected chi connectivity index (χ3v) is 10.6. The van der Waals surface area contributed by atoms with E-state index in [2.05, 4.69) is 50.3 Å². The molecule has 1 saturated heterocycles. The third kappa shape index (κ3) is 34.0. The van der Waals surface area contributed by atoms with Gasteiger partial charge in [0.2, 0.25) is 0 Å². The first kappa shape index (κ1) is 51.2. The number of phosphoric acid groups is 1. The number of carbonyl (C=O) groups excluding carboxylic acids is 2. The molecule has 0 aromatic heterocycles. The number of allylic oxidation sites excluding steroid dienone is 4. The summed E-state index contributed by atoms with van der Waals surface area (Å²) in [6.45, 7) is 4.31. The molecule has 10 nitrogen and oxygen atoms in total. The van der Waals surface area contributed by atoms with Gasteiger partial charge in [-0.2, -0.15) is 0 Å². The standard InChI is InChI=1S/C44H80NO9P/c1-6-8-10-12-14-15-16-17-18-19-22-27-31-35-44(47)53-40(39-52-55(48,49)51-37-36-45(3,4)5)38-50-43(46)34-30-26-23-20-21-25-29-33-42-41(54-42)32-28-24-13-11-9-7-2/h20,23-25,28-29,40-42H,6-19,21-22,26-27,30-39H2,1-5H3/p+1/b23-20-,28-24-,29-25-/t40-,41?,42?/m1/s1. The molecule has 55 heavy (non-hydrogen) atoms. The van der Waals surface area contributed by atoms with Crippen LogP contribution >= 0.6 is 7.82 Å². The number of nitrogens with zero attached hydrogens (tertiary/aromatic N) is 1. The number of hydrogen-bond donors (Lipinski definition) is 1. The Hall–Kier alpha value is -1.81. The van der Waals surface area contributed by atoms with Crippen molar-refractivity contribution >= 4 is 19.8 Å². The topological polar surface area (TPSA) is 121 Å². The Labute approximate surface area is 336 Å². The summed E-state index contributed by atoms with van der Waals surface area (Å²) in [4.78, 5) is 35.3. The van der Waals surface area contributed by atoms with E-state index in [0.717, 1.165) is 44.9 Å². The van der Waals surface area contributed by atoms with Gasteiger partial charge < -0.3 is 23.6 Å². The van der Waals surface area contributed by atoms with Gasteiger partial charge in [-0.05, 0) is 51.4 Å². The van der Waals surface area contributed by atoms with Crippen LogP contribution in [0.15, 0.2) is 36.5 Å². The van der Waals surface area contributed by atoms with Crippen LogP contribution in [-0.2, 0) is 37.4 Å². The van der Waals surface area contributed by atoms with E-state index in [9.17, 15) is 19.0 Å². The normalized spacial score (nSPS) is 17.6. The molecule has 3 unspecified atom stereocenters. The fraction of sp³-hybridized carbons (Fsp3) is 0.818. The summed E-state index contributed by atoms with van der Waals surface area (Å²) in [5.41, 5.74) is 0. The Morgan fingerprint density at radius 3 is 1.78 bits per heavy atom. The molecular formula is C44H81NO9P+. The van der Waals surface area contributed by atoms with Crippen molar-refractivity contribution in [2.75, 3.05) is 47.5 Å². The Morgan fingerprint density at radius 1 is 0.655 bits per heavy atom. The minimum absolute atomic E-state index is 0.0215. The number of hydrogen-bond acceptors (Lipinski definition) is 8. The van der Waals surface area contributed by atoms with E-state index in [1.165, 1.54) is 83.5 Å². The molecule has 1 aliphatic heterocycles. The number of carbonyl (C=O) groups is 2. The molecule has 0 aromatic carbocycles. The number of likely N-dealkylation sites (N-methyl/N-ethyl adjacent to an activating group) is 1. The highest BCUT2D eigenvalue weighted by Crippen LogP contribution is 2.43. The van der Waals surface area contributed by atoms with Crippen molar-refractivity contribution in [3.05, 3.63) is 36.5 Å². The van der Waals surface area contributed by atoms with Crippen molar-refractivity contribution in [1.29, 1.82) is 0 Å². The van der Waals surface area contributed by atoms with Gasteiger partial charge in [0.1, 0.15) is 19.8 Å². The van der Waals surface area contributed by atoms with Crippen LogP contribution in [0.3, 0.4) is 0 Å². The number of phosphoric ester groups is 1. The minimum atomic E-state index is -4.39. The van der Waals surface area contributed by atoms with Gasteiger partial charge in [0.15, 0.2) is 6.10 Å². The Balaban J connectivity index is 2.32. The second kappa shape index (κ2) is 33.2. The fourth-order valence-electron chi connectivity index (χ4n) is 5.99. The summed E-state index contributed by atoms with van der Waals surface area (Å²) in [5.74, 6) is -0.868. The molecule has 0 saturated carbocycles. The summed E-state index contributed by atoms with van der Waals surface area (Å²) >= 11 is 0. The zero-order valence-corrected chi connectivity index (χ0v) is 36.5. The SMILES string of the molecule is CCCCC/C=C\CC1OC1C/C=C\C/C=C\CCCC(=O)OC[C@H](COP(=O)(O)OCC[N+](C)(C)C)OC(=O)CCCCCCCCCCCCCCC. The van der Waals surface area contributed by atoms with Crippen LogP contribution in [0.5, 0.6) is 0 Å². The zero-order chi connectivity index (χ0) is 40.5. The van der Waals surface area contributed by atoms with E-state index >= 15 is 0 Å². The predicted octanol–water partition coefficient (Wildman–Crippen LogP) is 11.1. The van der Waals surface area contributed by atoms with E-state index in [0.29, 0.717) is 36.1 Å². The van der Waals surface area contributed by atoms with Crippen molar-refractivity contribution in [3.63, 3.8) is 0 Å². The average Bonchev–Trinajstić information content (AvgIpc) is 3.89. The Kier molecular flexibility index (Phi) is 30.9. The number of quaternary nitrogens is 1. The average molecular weight is 799 g/mol. The number of esters is 2. The third-order valence-electron chi connectivity index (χ3n) is 9.58. The van der Waals surface area contributed by atoms with E-state index in [4.69, 9.17) is 23.3 Å². The number of rotatable bonds is 38. The molecule has 0 spiro atoms. The summed E-state index contributed by atoms with van der Waals surface area (Å²) in [6, 6.07) is 0. The largest absolute Gasteiger partial charge is 0.472 e. The first-order valence-electron chi connectivity index (χ1n) is 21.8. The lowest BCUT2D eigenvalue weighted by Crippen LogP contribution is -2.37. The van der Waals surface area contributed by atoms with E-state index in [1.807, 2.05) is 21.1 Å². The lowest BCUT2D eigenvalue weighted by molar-refractivity contribution is -0.870. The molecular weight excluding hydrogens is 717 g/mol. The molecule has 1 heterocycles. The molecule has 0 aliphatic carbocycles. The fourth-order valence-corrected chi connectivity index (χ4v) is 6.73. The molecule has 0 aromatic rings. The number of epoxide rings is 1. The highest BCUT2D eigenvalue weighted by molar-refractivity contribution is 7.47. The highest BCUT2D eigenvalue weighted by atomic mass is 31.2. The molecule has 1 fully saturated rings. The smallest absolute Gasteiger partial charge is 0.462 e. The molecule has 1 aliphatic rings. The lowest BCUT2D eigenvalue weighted by atomic mass is 10.0. The van der Waals surface area contributed by atoms with Gasteiger partial charge in [0.05, 0.1) is 40.0 Å². The van der Waals surface area contributed by atoms with Crippen LogP contribution in [0.2, 0.25) is 0 Å². The van der Waals surface area contributed by atoms with E-state index in [1.54, 1.807) is 0 Å². The monoisotopic (exact) mass is 799 g/mol. The van der Waals surface area contributed by atoms with Gasteiger partial charge in [-0.25, -0.2) is 4.57 Å². The maximum absolute atomic E-state index is 12.7. The van der Waals surface area contributed by atoms with Crippen molar-refractivity contribution in [2.24, 2.45) is 0 Å². The maximum atomic E-state index is 12.7. The number of unbranched alkanes of at least 4 members (excludes halogenated alkanes) is 16. The van der Waals surface area contributed by atoms with Crippen molar-refractivity contribution < 1.29 is 46.8 Å². The number of ether oxygens (including phenoxy) is 3. The van der Waals surface area contributed by atoms with E-state index < -0.39 is 32.5 Å². The molecule has 1 rings (SSSR count). The maximum Gasteiger partial charge on any atom is 0.472 e. The summed E-state index contributed by atoms with van der Waals surface area (Å²) in [5, 5.41) is 0. The summed E-state index contributed by atoms with van der Waals surface area (Å²) in [6.07, 6.45) is 37.9. The highest BCUT2D eigenvalue weighted by Gasteiger charge is 2.36. The quantitative estimate of drug-likeness (QED) is 0.0162. The lowest BCUT2D eigenvalue weighted by Gasteiger charge is -2.24. The summed E-state index contributed by atoms with van der Waals surface area (Å²) < 4.78 is 40.0. The van der Waals surface area contributed by atoms with Crippen molar-refractivity contribution in [1.82, 2.24) is 0 Å². The first-order chi connectivity index (χ1) is 26.5. The molecule has 11 heteroatoms. The second-order valence-electron chi connectivity index (χ2n) is 16.1. The Morgan fingerprint density at radius 2 is 1.16 bits per heavy atom. The molecule has 0 bridgehead atoms. The van der Waals surface area contributed by atoms with Crippen molar-refractivity contribution in [3.8, 4) is 0 Å². The summed E-state index contributed by atoms with van der Waals surface area (Å²) in [7, 11) is 1.44. The van der Waals surface area contributed by atoms with Gasteiger partial charge in [0.25, 0.3) is 0 Å². The molecule has 0 radical (unpaired) electrons. The van der Waals surface area contributed by atoms with Gasteiger partial charge in [-0.15, -0.1) is 0 Å². The van der Waals surface area contributed by atoms with Crippen LogP contribution in [0.1, 0.15) is 168 Å². The van der Waals surface area contributed by atoms with Crippen LogP contribution in [0, 0.1) is 0 Å². The molecule has 0 amide bonds. The molecule has 320 valence electrons. The predicted molar refractivity (Wildman–Crippen MR) is 224 cm³/mol.